The number of halogens is 1. The quantitative estimate of drug-likeness (QED) is 0.729. The summed E-state index contributed by atoms with van der Waals surface area (Å²) in [7, 11) is 1.73. The Labute approximate surface area is 182 Å². The molecule has 0 radical (unpaired) electrons. The molecular formula is C23H27ClN4O2. The number of nitrogens with zero attached hydrogens (tertiary/aromatic N) is 2. The molecule has 0 saturated heterocycles. The summed E-state index contributed by atoms with van der Waals surface area (Å²) < 4.78 is 0. The summed E-state index contributed by atoms with van der Waals surface area (Å²) in [5.74, 6) is 2.20. The molecule has 0 bridgehead atoms. The van der Waals surface area contributed by atoms with Crippen LogP contribution in [0, 0.1) is 17.8 Å². The third-order valence-corrected chi connectivity index (χ3v) is 6.72. The fourth-order valence-corrected chi connectivity index (χ4v) is 4.98. The molecule has 1 unspecified atom stereocenters. The van der Waals surface area contributed by atoms with E-state index in [0.717, 1.165) is 19.3 Å². The Morgan fingerprint density at radius 2 is 1.87 bits per heavy atom. The molecule has 5 atom stereocenters. The Morgan fingerprint density at radius 1 is 1.17 bits per heavy atom. The van der Waals surface area contributed by atoms with Gasteiger partial charge in [-0.3, -0.25) is 9.69 Å². The van der Waals surface area contributed by atoms with E-state index in [9.17, 15) is 9.59 Å². The molecule has 1 heterocycles. The SMILES string of the molecule is CCC(NC(=O)c1ccc(Cl)cc1)[C@H]1[C@@H]2C[C@@H](NC(=O)N(C)c3ccccn3)C[C@@H]21. The van der Waals surface area contributed by atoms with E-state index in [1.807, 2.05) is 18.2 Å². The van der Waals surface area contributed by atoms with Crippen LogP contribution >= 0.6 is 11.6 Å². The van der Waals surface area contributed by atoms with Crippen LogP contribution in [0.5, 0.6) is 0 Å². The third kappa shape index (κ3) is 4.29. The van der Waals surface area contributed by atoms with E-state index in [2.05, 4.69) is 22.5 Å². The Balaban J connectivity index is 1.28. The third-order valence-electron chi connectivity index (χ3n) is 6.46. The van der Waals surface area contributed by atoms with Crippen molar-refractivity contribution in [1.29, 1.82) is 0 Å². The van der Waals surface area contributed by atoms with Crippen molar-refractivity contribution in [2.75, 3.05) is 11.9 Å². The van der Waals surface area contributed by atoms with Crippen LogP contribution in [0.3, 0.4) is 0 Å². The van der Waals surface area contributed by atoms with E-state index < -0.39 is 0 Å². The predicted octanol–water partition coefficient (Wildman–Crippen LogP) is 4.11. The number of pyridine rings is 1. The number of fused-ring (bicyclic) bond motifs is 1. The monoisotopic (exact) mass is 426 g/mol. The maximum Gasteiger partial charge on any atom is 0.323 e. The van der Waals surface area contributed by atoms with Gasteiger partial charge in [-0.1, -0.05) is 24.6 Å². The van der Waals surface area contributed by atoms with Crippen molar-refractivity contribution in [3.8, 4) is 0 Å². The molecule has 2 saturated carbocycles. The topological polar surface area (TPSA) is 74.3 Å². The zero-order valence-electron chi connectivity index (χ0n) is 17.2. The lowest BCUT2D eigenvalue weighted by Gasteiger charge is -2.24. The number of hydrogen-bond acceptors (Lipinski definition) is 3. The van der Waals surface area contributed by atoms with Gasteiger partial charge in [0.25, 0.3) is 5.91 Å². The van der Waals surface area contributed by atoms with Crippen LogP contribution < -0.4 is 15.5 Å². The molecule has 2 fully saturated rings. The molecule has 4 rings (SSSR count). The minimum atomic E-state index is -0.125. The number of aromatic nitrogens is 1. The van der Waals surface area contributed by atoms with Gasteiger partial charge in [0.05, 0.1) is 0 Å². The average molecular weight is 427 g/mol. The second-order valence-electron chi connectivity index (χ2n) is 8.26. The number of carbonyl (C=O) groups is 2. The molecule has 1 aromatic heterocycles. The molecule has 6 nitrogen and oxygen atoms in total. The van der Waals surface area contributed by atoms with Gasteiger partial charge >= 0.3 is 6.03 Å². The highest BCUT2D eigenvalue weighted by Gasteiger charge is 2.58. The van der Waals surface area contributed by atoms with Crippen LogP contribution in [0.2, 0.25) is 5.02 Å². The van der Waals surface area contributed by atoms with Crippen LogP contribution in [-0.2, 0) is 0 Å². The zero-order chi connectivity index (χ0) is 21.3. The highest BCUT2D eigenvalue weighted by atomic mass is 35.5. The minimum Gasteiger partial charge on any atom is -0.349 e. The Bertz CT molecular complexity index is 893. The fourth-order valence-electron chi connectivity index (χ4n) is 4.86. The first-order valence-corrected chi connectivity index (χ1v) is 10.9. The van der Waals surface area contributed by atoms with Gasteiger partial charge in [0.1, 0.15) is 5.82 Å². The predicted molar refractivity (Wildman–Crippen MR) is 118 cm³/mol. The van der Waals surface area contributed by atoms with Crippen LogP contribution in [0.1, 0.15) is 36.5 Å². The highest BCUT2D eigenvalue weighted by molar-refractivity contribution is 6.30. The summed E-state index contributed by atoms with van der Waals surface area (Å²) in [6.45, 7) is 2.11. The number of carbonyl (C=O) groups excluding carboxylic acids is 2. The molecule has 2 aromatic rings. The first-order chi connectivity index (χ1) is 14.5. The van der Waals surface area contributed by atoms with E-state index in [-0.39, 0.29) is 24.0 Å². The van der Waals surface area contributed by atoms with E-state index in [4.69, 9.17) is 11.6 Å². The number of amides is 3. The Kier molecular flexibility index (Phi) is 5.95. The van der Waals surface area contributed by atoms with Crippen LogP contribution in [-0.4, -0.2) is 36.1 Å². The molecule has 3 amide bonds. The van der Waals surface area contributed by atoms with Crippen molar-refractivity contribution in [2.24, 2.45) is 17.8 Å². The maximum atomic E-state index is 12.6. The number of nitrogens with one attached hydrogen (secondary N) is 2. The summed E-state index contributed by atoms with van der Waals surface area (Å²) in [6, 6.07) is 12.7. The van der Waals surface area contributed by atoms with Gasteiger partial charge in [-0.15, -0.1) is 0 Å². The first-order valence-electron chi connectivity index (χ1n) is 10.5. The smallest absolute Gasteiger partial charge is 0.323 e. The summed E-state index contributed by atoms with van der Waals surface area (Å²) in [5, 5.41) is 6.96. The molecule has 1 aromatic carbocycles. The summed E-state index contributed by atoms with van der Waals surface area (Å²) in [6.07, 6.45) is 4.50. The highest BCUT2D eigenvalue weighted by Crippen LogP contribution is 2.59. The minimum absolute atomic E-state index is 0.0506. The lowest BCUT2D eigenvalue weighted by molar-refractivity contribution is 0.0927. The second kappa shape index (κ2) is 8.64. The van der Waals surface area contributed by atoms with Gasteiger partial charge in [0.2, 0.25) is 0 Å². The van der Waals surface area contributed by atoms with Gasteiger partial charge in [-0.25, -0.2) is 9.78 Å². The van der Waals surface area contributed by atoms with Gasteiger partial charge in [-0.2, -0.15) is 0 Å². The van der Waals surface area contributed by atoms with E-state index >= 15 is 0 Å². The van der Waals surface area contributed by atoms with Gasteiger partial charge in [0, 0.05) is 35.9 Å². The molecule has 7 heteroatoms. The van der Waals surface area contributed by atoms with Crippen molar-refractivity contribution in [3.05, 3.63) is 59.2 Å². The molecule has 0 aliphatic heterocycles. The molecule has 2 aliphatic rings. The fraction of sp³-hybridized carbons (Fsp3) is 0.435. The lowest BCUT2D eigenvalue weighted by atomic mass is 9.99. The standard InChI is InChI=1S/C23H27ClN4O2/c1-3-19(27-22(29)14-7-9-15(24)10-8-14)21-17-12-16(13-18(17)21)26-23(30)28(2)20-6-4-5-11-25-20/h4-11,16-19,21H,3,12-13H2,1-2H3,(H,26,30)(H,27,29)/t16-,17-,18+,19?,21+. The number of rotatable bonds is 6. The largest absolute Gasteiger partial charge is 0.349 e. The Morgan fingerprint density at radius 3 is 2.47 bits per heavy atom. The summed E-state index contributed by atoms with van der Waals surface area (Å²) in [4.78, 5) is 30.9. The van der Waals surface area contributed by atoms with Crippen molar-refractivity contribution >= 4 is 29.4 Å². The molecule has 2 N–H and O–H groups in total. The summed E-state index contributed by atoms with van der Waals surface area (Å²) >= 11 is 5.91. The van der Waals surface area contributed by atoms with E-state index in [1.165, 1.54) is 0 Å². The van der Waals surface area contributed by atoms with Crippen LogP contribution in [0.25, 0.3) is 0 Å². The second-order valence-corrected chi connectivity index (χ2v) is 8.70. The molecule has 158 valence electrons. The van der Waals surface area contributed by atoms with Crippen molar-refractivity contribution in [2.45, 2.75) is 38.3 Å². The van der Waals surface area contributed by atoms with Crippen molar-refractivity contribution < 1.29 is 9.59 Å². The number of anilines is 1. The number of urea groups is 1. The average Bonchev–Trinajstić information content (AvgIpc) is 3.25. The Hall–Kier alpha value is -2.60. The summed E-state index contributed by atoms with van der Waals surface area (Å²) in [5.41, 5.74) is 0.631. The number of benzene rings is 1. The van der Waals surface area contributed by atoms with Gasteiger partial charge < -0.3 is 10.6 Å². The molecule has 30 heavy (non-hydrogen) atoms. The lowest BCUT2D eigenvalue weighted by Crippen LogP contribution is -2.44. The molecule has 0 spiro atoms. The van der Waals surface area contributed by atoms with Crippen LogP contribution in [0.15, 0.2) is 48.7 Å². The zero-order valence-corrected chi connectivity index (χ0v) is 18.0. The first kappa shape index (κ1) is 20.7. The van der Waals surface area contributed by atoms with E-state index in [0.29, 0.717) is 34.2 Å². The number of hydrogen-bond donors (Lipinski definition) is 2. The van der Waals surface area contributed by atoms with Crippen molar-refractivity contribution in [1.82, 2.24) is 15.6 Å². The van der Waals surface area contributed by atoms with Gasteiger partial charge in [-0.05, 0) is 73.4 Å². The van der Waals surface area contributed by atoms with E-state index in [1.54, 1.807) is 42.4 Å². The molecule has 2 aliphatic carbocycles. The maximum absolute atomic E-state index is 12.6. The molecular weight excluding hydrogens is 400 g/mol. The normalized spacial score (nSPS) is 25.2. The van der Waals surface area contributed by atoms with Crippen molar-refractivity contribution in [3.63, 3.8) is 0 Å². The van der Waals surface area contributed by atoms with Crippen LogP contribution in [0.4, 0.5) is 10.6 Å². The van der Waals surface area contributed by atoms with Gasteiger partial charge in [0.15, 0.2) is 0 Å².